The van der Waals surface area contributed by atoms with Crippen LogP contribution in [0.5, 0.6) is 0 Å². The normalized spacial score (nSPS) is 15.7. The van der Waals surface area contributed by atoms with Crippen molar-refractivity contribution in [2.45, 2.75) is 64.9 Å². The monoisotopic (exact) mass is 447 g/mol. The van der Waals surface area contributed by atoms with E-state index in [9.17, 15) is 13.6 Å². The molecule has 10 heteroatoms. The number of rotatable bonds is 3. The van der Waals surface area contributed by atoms with Gasteiger partial charge in [-0.2, -0.15) is 14.8 Å². The van der Waals surface area contributed by atoms with Crippen LogP contribution >= 0.6 is 0 Å². The number of fused-ring (bicyclic) bond motifs is 1. The van der Waals surface area contributed by atoms with E-state index in [1.165, 1.54) is 10.7 Å². The fourth-order valence-corrected chi connectivity index (χ4v) is 3.85. The number of aromatic nitrogens is 4. The number of hydrogen-bond acceptors (Lipinski definition) is 6. The lowest BCUT2D eigenvalue weighted by molar-refractivity contribution is 0.0198. The van der Waals surface area contributed by atoms with Crippen LogP contribution < -0.4 is 0 Å². The zero-order valence-electron chi connectivity index (χ0n) is 18.9. The van der Waals surface area contributed by atoms with E-state index in [0.29, 0.717) is 42.9 Å². The second kappa shape index (κ2) is 8.14. The Bertz CT molecular complexity index is 1140. The van der Waals surface area contributed by atoms with Gasteiger partial charge in [-0.05, 0) is 56.8 Å². The molecule has 32 heavy (non-hydrogen) atoms. The highest BCUT2D eigenvalue weighted by Gasteiger charge is 2.31. The molecular formula is C22H27F2N5O3. The first-order valence-electron chi connectivity index (χ1n) is 10.7. The van der Waals surface area contributed by atoms with Crippen LogP contribution in [0.3, 0.4) is 0 Å². The van der Waals surface area contributed by atoms with Crippen LogP contribution in [0.4, 0.5) is 13.6 Å². The summed E-state index contributed by atoms with van der Waals surface area (Å²) >= 11 is 0. The molecule has 0 bridgehead atoms. The lowest BCUT2D eigenvalue weighted by Gasteiger charge is -2.32. The van der Waals surface area contributed by atoms with Gasteiger partial charge in [0.15, 0.2) is 11.6 Å². The first-order valence-corrected chi connectivity index (χ1v) is 10.7. The molecule has 0 aliphatic carbocycles. The van der Waals surface area contributed by atoms with Gasteiger partial charge in [0.05, 0.1) is 5.69 Å². The predicted molar refractivity (Wildman–Crippen MR) is 113 cm³/mol. The Morgan fingerprint density at radius 1 is 1.22 bits per heavy atom. The van der Waals surface area contributed by atoms with Gasteiger partial charge in [0, 0.05) is 24.4 Å². The van der Waals surface area contributed by atoms with Crippen molar-refractivity contribution < 1.29 is 22.8 Å². The first kappa shape index (κ1) is 22.2. The largest absolute Gasteiger partial charge is 0.444 e. The molecule has 1 saturated heterocycles. The molecule has 0 unspecified atom stereocenters. The van der Waals surface area contributed by atoms with Crippen LogP contribution in [0.25, 0.3) is 16.9 Å². The van der Waals surface area contributed by atoms with Crippen LogP contribution in [0.2, 0.25) is 0 Å². The van der Waals surface area contributed by atoms with Crippen molar-refractivity contribution >= 4 is 17.0 Å². The summed E-state index contributed by atoms with van der Waals surface area (Å²) in [5, 5.41) is 8.93. The molecule has 0 atom stereocenters. The van der Waals surface area contributed by atoms with Gasteiger partial charge in [-0.3, -0.25) is 0 Å². The van der Waals surface area contributed by atoms with Gasteiger partial charge in [0.1, 0.15) is 11.1 Å². The molecule has 172 valence electrons. The van der Waals surface area contributed by atoms with E-state index in [-0.39, 0.29) is 29.4 Å². The molecule has 0 N–H and O–H groups in total. The Morgan fingerprint density at radius 3 is 2.53 bits per heavy atom. The second-order valence-electron chi connectivity index (χ2n) is 9.38. The van der Waals surface area contributed by atoms with E-state index in [2.05, 4.69) is 15.2 Å². The fraction of sp³-hybridized carbons (Fsp3) is 0.545. The predicted octanol–water partition coefficient (Wildman–Crippen LogP) is 4.92. The lowest BCUT2D eigenvalue weighted by Crippen LogP contribution is -2.41. The summed E-state index contributed by atoms with van der Waals surface area (Å²) in [7, 11) is 0. The van der Waals surface area contributed by atoms with Crippen molar-refractivity contribution in [1.29, 1.82) is 0 Å². The van der Waals surface area contributed by atoms with Crippen molar-refractivity contribution in [3.8, 4) is 5.95 Å². The molecule has 1 aromatic carbocycles. The Kier molecular flexibility index (Phi) is 5.64. The quantitative estimate of drug-likeness (QED) is 0.566. The van der Waals surface area contributed by atoms with Crippen LogP contribution in [-0.4, -0.2) is 49.6 Å². The maximum atomic E-state index is 14.6. The average Bonchev–Trinajstić information content (AvgIpc) is 3.35. The van der Waals surface area contributed by atoms with E-state index in [1.54, 1.807) is 4.90 Å². The average molecular weight is 447 g/mol. The second-order valence-corrected chi connectivity index (χ2v) is 9.38. The molecule has 1 aliphatic heterocycles. The summed E-state index contributed by atoms with van der Waals surface area (Å²) in [5.41, 5.74) is 0.0579. The van der Waals surface area contributed by atoms with Crippen LogP contribution in [0.1, 0.15) is 70.9 Å². The maximum Gasteiger partial charge on any atom is 0.410 e. The minimum absolute atomic E-state index is 0.00726. The molecule has 0 saturated carbocycles. The number of likely N-dealkylation sites (tertiary alicyclic amines) is 1. The Balaban J connectivity index is 1.56. The van der Waals surface area contributed by atoms with Gasteiger partial charge >= 0.3 is 6.09 Å². The molecule has 2 aromatic heterocycles. The third-order valence-corrected chi connectivity index (χ3v) is 5.43. The zero-order chi connectivity index (χ0) is 23.2. The lowest BCUT2D eigenvalue weighted by atomic mass is 9.97. The summed E-state index contributed by atoms with van der Waals surface area (Å²) in [6.45, 7) is 10.3. The summed E-state index contributed by atoms with van der Waals surface area (Å²) < 4.78 is 40.7. The van der Waals surface area contributed by atoms with Crippen molar-refractivity contribution in [1.82, 2.24) is 24.8 Å². The van der Waals surface area contributed by atoms with Gasteiger partial charge in [-0.15, -0.1) is 0 Å². The minimum atomic E-state index is -1.00. The smallest absolute Gasteiger partial charge is 0.410 e. The summed E-state index contributed by atoms with van der Waals surface area (Å²) in [5.74, 6) is -1.59. The molecule has 1 fully saturated rings. The Hall–Kier alpha value is -3.04. The Morgan fingerprint density at radius 2 is 1.91 bits per heavy atom. The number of piperidine rings is 1. The van der Waals surface area contributed by atoms with E-state index in [1.807, 2.05) is 34.6 Å². The van der Waals surface area contributed by atoms with Crippen LogP contribution in [0.15, 0.2) is 16.7 Å². The molecule has 3 heterocycles. The number of hydrogen-bond donors (Lipinski definition) is 0. The van der Waals surface area contributed by atoms with Crippen LogP contribution in [0, 0.1) is 11.6 Å². The van der Waals surface area contributed by atoms with Crippen molar-refractivity contribution in [2.24, 2.45) is 0 Å². The number of carbonyl (C=O) groups excluding carboxylic acids is 1. The topological polar surface area (TPSA) is 86.3 Å². The molecule has 0 spiro atoms. The van der Waals surface area contributed by atoms with E-state index in [0.717, 1.165) is 6.07 Å². The van der Waals surface area contributed by atoms with E-state index >= 15 is 0 Å². The molecular weight excluding hydrogens is 420 g/mol. The molecule has 1 amide bonds. The van der Waals surface area contributed by atoms with Gasteiger partial charge in [0.25, 0.3) is 5.95 Å². The molecule has 3 aromatic rings. The van der Waals surface area contributed by atoms with Crippen molar-refractivity contribution in [3.05, 3.63) is 35.4 Å². The summed E-state index contributed by atoms with van der Waals surface area (Å²) in [4.78, 5) is 18.3. The highest BCUT2D eigenvalue weighted by Crippen LogP contribution is 2.31. The summed E-state index contributed by atoms with van der Waals surface area (Å²) in [6.07, 6.45) is 0.908. The standard InChI is InChI=1S/C22H27F2N5O3/c1-12(2)17-14-6-7-15(23)16(24)18(14)29(26-17)20-25-19(32-27-20)13-8-10-28(11-9-13)21(30)31-22(3,4)5/h6-7,12-13H,8-11H2,1-5H3. The van der Waals surface area contributed by atoms with Gasteiger partial charge in [-0.1, -0.05) is 13.8 Å². The summed E-state index contributed by atoms with van der Waals surface area (Å²) in [6, 6.07) is 2.61. The fourth-order valence-electron chi connectivity index (χ4n) is 3.85. The maximum absolute atomic E-state index is 14.6. The molecule has 1 aliphatic rings. The number of ether oxygens (including phenoxy) is 1. The van der Waals surface area contributed by atoms with Gasteiger partial charge in [-0.25, -0.2) is 13.6 Å². The van der Waals surface area contributed by atoms with E-state index in [4.69, 9.17) is 9.26 Å². The molecule has 4 rings (SSSR count). The number of amides is 1. The molecule has 0 radical (unpaired) electrons. The van der Waals surface area contributed by atoms with Crippen molar-refractivity contribution in [2.75, 3.05) is 13.1 Å². The van der Waals surface area contributed by atoms with Gasteiger partial charge < -0.3 is 14.2 Å². The SMILES string of the molecule is CC(C)c1nn(-c2noc(C3CCN(C(=O)OC(C)(C)C)CC3)n2)c2c(F)c(F)ccc12. The van der Waals surface area contributed by atoms with E-state index < -0.39 is 17.2 Å². The number of carbonyl (C=O) groups is 1. The third-order valence-electron chi connectivity index (χ3n) is 5.43. The van der Waals surface area contributed by atoms with Crippen molar-refractivity contribution in [3.63, 3.8) is 0 Å². The first-order chi connectivity index (χ1) is 15.0. The third kappa shape index (κ3) is 4.18. The van der Waals surface area contributed by atoms with Crippen LogP contribution in [-0.2, 0) is 4.74 Å². The highest BCUT2D eigenvalue weighted by molar-refractivity contribution is 5.84. The Labute approximate surface area is 184 Å². The molecule has 8 nitrogen and oxygen atoms in total. The zero-order valence-corrected chi connectivity index (χ0v) is 18.9. The minimum Gasteiger partial charge on any atom is -0.444 e. The van der Waals surface area contributed by atoms with Gasteiger partial charge in [0.2, 0.25) is 5.89 Å². The number of nitrogens with zero attached hydrogens (tertiary/aromatic N) is 5. The number of halogens is 2. The number of benzene rings is 1. The highest BCUT2D eigenvalue weighted by atomic mass is 19.2.